The molecular formula is C13H26N2S. The second-order valence-electron chi connectivity index (χ2n) is 5.24. The van der Waals surface area contributed by atoms with Gasteiger partial charge in [-0.3, -0.25) is 0 Å². The molecule has 1 saturated heterocycles. The average molecular weight is 242 g/mol. The highest BCUT2D eigenvalue weighted by atomic mass is 32.1. The molecule has 3 heteroatoms. The molecule has 0 amide bonds. The first-order chi connectivity index (χ1) is 7.45. The van der Waals surface area contributed by atoms with Crippen molar-refractivity contribution in [1.29, 1.82) is 0 Å². The Bertz CT molecular complexity index is 226. The monoisotopic (exact) mass is 242 g/mol. The lowest BCUT2D eigenvalue weighted by Gasteiger charge is -2.29. The van der Waals surface area contributed by atoms with Gasteiger partial charge in [-0.05, 0) is 52.8 Å². The van der Waals surface area contributed by atoms with Crippen LogP contribution in [0.1, 0.15) is 54.4 Å². The smallest absolute Gasteiger partial charge is 0.172 e. The van der Waals surface area contributed by atoms with Crippen molar-refractivity contribution in [2.24, 2.45) is 0 Å². The molecule has 2 unspecified atom stereocenters. The van der Waals surface area contributed by atoms with Gasteiger partial charge >= 0.3 is 0 Å². The summed E-state index contributed by atoms with van der Waals surface area (Å²) in [6.45, 7) is 13.5. The maximum atomic E-state index is 5.65. The lowest BCUT2D eigenvalue weighted by Crippen LogP contribution is -2.41. The fraction of sp³-hybridized carbons (Fsp3) is 0.923. The van der Waals surface area contributed by atoms with Gasteiger partial charge in [-0.2, -0.15) is 0 Å². The molecule has 0 aromatic rings. The first kappa shape index (κ1) is 13.8. The molecule has 0 aromatic carbocycles. The van der Waals surface area contributed by atoms with Crippen LogP contribution in [0.25, 0.3) is 0 Å². The zero-order valence-corrected chi connectivity index (χ0v) is 12.3. The molecule has 1 fully saturated rings. The lowest BCUT2D eigenvalue weighted by molar-refractivity contribution is 0.213. The number of hydrogen-bond donors (Lipinski definition) is 0. The van der Waals surface area contributed by atoms with Gasteiger partial charge in [-0.1, -0.05) is 13.8 Å². The van der Waals surface area contributed by atoms with Gasteiger partial charge in [0.05, 0.1) is 12.1 Å². The minimum atomic E-state index is 0.509. The molecule has 1 aliphatic heterocycles. The van der Waals surface area contributed by atoms with Crippen molar-refractivity contribution >= 4 is 17.3 Å². The van der Waals surface area contributed by atoms with E-state index in [1.54, 1.807) is 0 Å². The molecule has 0 aromatic heterocycles. The van der Waals surface area contributed by atoms with E-state index in [-0.39, 0.29) is 0 Å². The highest BCUT2D eigenvalue weighted by Crippen LogP contribution is 2.31. The molecule has 1 heterocycles. The summed E-state index contributed by atoms with van der Waals surface area (Å²) in [4.78, 5) is 4.87. The van der Waals surface area contributed by atoms with Crippen LogP contribution < -0.4 is 0 Å². The van der Waals surface area contributed by atoms with E-state index in [1.165, 1.54) is 12.8 Å². The summed E-state index contributed by atoms with van der Waals surface area (Å²) in [7, 11) is 0. The Balaban J connectivity index is 3.02. The molecule has 0 N–H and O–H groups in total. The van der Waals surface area contributed by atoms with Crippen LogP contribution in [0.3, 0.4) is 0 Å². The van der Waals surface area contributed by atoms with Crippen LogP contribution in [0, 0.1) is 0 Å². The van der Waals surface area contributed by atoms with Crippen molar-refractivity contribution in [3.05, 3.63) is 0 Å². The molecule has 0 aliphatic carbocycles. The van der Waals surface area contributed by atoms with Gasteiger partial charge in [0, 0.05) is 12.1 Å². The average Bonchev–Trinajstić information content (AvgIpc) is 2.49. The van der Waals surface area contributed by atoms with Gasteiger partial charge in [0.15, 0.2) is 5.11 Å². The fourth-order valence-corrected chi connectivity index (χ4v) is 3.63. The van der Waals surface area contributed by atoms with E-state index in [0.717, 1.165) is 5.11 Å². The van der Waals surface area contributed by atoms with Gasteiger partial charge in [-0.25, -0.2) is 0 Å². The van der Waals surface area contributed by atoms with Gasteiger partial charge in [0.1, 0.15) is 0 Å². The van der Waals surface area contributed by atoms with E-state index >= 15 is 0 Å². The molecule has 1 rings (SSSR count). The zero-order valence-electron chi connectivity index (χ0n) is 11.5. The van der Waals surface area contributed by atoms with Gasteiger partial charge in [0.25, 0.3) is 0 Å². The molecule has 1 aliphatic rings. The maximum absolute atomic E-state index is 5.65. The highest BCUT2D eigenvalue weighted by Gasteiger charge is 2.42. The van der Waals surface area contributed by atoms with Crippen LogP contribution >= 0.6 is 12.2 Å². The predicted octanol–water partition coefficient (Wildman–Crippen LogP) is 3.26. The molecule has 0 radical (unpaired) electrons. The third-order valence-electron chi connectivity index (χ3n) is 3.55. The molecule has 16 heavy (non-hydrogen) atoms. The van der Waals surface area contributed by atoms with E-state index in [0.29, 0.717) is 24.2 Å². The highest BCUT2D eigenvalue weighted by molar-refractivity contribution is 7.80. The Morgan fingerprint density at radius 2 is 1.25 bits per heavy atom. The van der Waals surface area contributed by atoms with Crippen LogP contribution in [-0.4, -0.2) is 39.1 Å². The SMILES string of the molecule is CCC1C(CC)N(C(C)C)C(=S)N1C(C)C. The van der Waals surface area contributed by atoms with Crippen molar-refractivity contribution in [3.8, 4) is 0 Å². The second kappa shape index (κ2) is 5.35. The largest absolute Gasteiger partial charge is 0.342 e. The Labute approximate surface area is 106 Å². The summed E-state index contributed by atoms with van der Waals surface area (Å²) >= 11 is 5.65. The number of hydrogen-bond acceptors (Lipinski definition) is 1. The third-order valence-corrected chi connectivity index (χ3v) is 3.97. The summed E-state index contributed by atoms with van der Waals surface area (Å²) in [6, 6.07) is 2.21. The van der Waals surface area contributed by atoms with Crippen molar-refractivity contribution in [1.82, 2.24) is 9.80 Å². The van der Waals surface area contributed by atoms with Crippen LogP contribution in [0.5, 0.6) is 0 Å². The molecule has 0 spiro atoms. The van der Waals surface area contributed by atoms with Crippen LogP contribution in [0.4, 0.5) is 0 Å². The quantitative estimate of drug-likeness (QED) is 0.699. The van der Waals surface area contributed by atoms with E-state index in [9.17, 15) is 0 Å². The van der Waals surface area contributed by atoms with Crippen LogP contribution in [0.2, 0.25) is 0 Å². The molecule has 0 bridgehead atoms. The van der Waals surface area contributed by atoms with Crippen LogP contribution in [-0.2, 0) is 0 Å². The third kappa shape index (κ3) is 2.20. The molecular weight excluding hydrogens is 216 g/mol. The van der Waals surface area contributed by atoms with E-state index in [2.05, 4.69) is 51.3 Å². The van der Waals surface area contributed by atoms with Gasteiger partial charge in [-0.15, -0.1) is 0 Å². The molecule has 2 nitrogen and oxygen atoms in total. The second-order valence-corrected chi connectivity index (χ2v) is 5.60. The van der Waals surface area contributed by atoms with Crippen molar-refractivity contribution in [2.75, 3.05) is 0 Å². The predicted molar refractivity (Wildman–Crippen MR) is 74.7 cm³/mol. The van der Waals surface area contributed by atoms with E-state index < -0.39 is 0 Å². The van der Waals surface area contributed by atoms with Crippen LogP contribution in [0.15, 0.2) is 0 Å². The minimum absolute atomic E-state index is 0.509. The van der Waals surface area contributed by atoms with Gasteiger partial charge < -0.3 is 9.80 Å². The molecule has 2 atom stereocenters. The normalized spacial score (nSPS) is 26.4. The summed E-state index contributed by atoms with van der Waals surface area (Å²) in [5.74, 6) is 0. The fourth-order valence-electron chi connectivity index (χ4n) is 2.93. The summed E-state index contributed by atoms with van der Waals surface area (Å²) < 4.78 is 0. The molecule has 0 saturated carbocycles. The number of thiocarbonyl (C=S) groups is 1. The van der Waals surface area contributed by atoms with Crippen molar-refractivity contribution in [3.63, 3.8) is 0 Å². The maximum Gasteiger partial charge on any atom is 0.172 e. The summed E-state index contributed by atoms with van der Waals surface area (Å²) in [5.41, 5.74) is 0. The zero-order chi connectivity index (χ0) is 12.5. The standard InChI is InChI=1S/C13H26N2S/c1-7-11-12(8-2)15(10(5)6)13(16)14(11)9(3)4/h9-12H,7-8H2,1-6H3. The Kier molecular flexibility index (Phi) is 4.60. The minimum Gasteiger partial charge on any atom is -0.342 e. The topological polar surface area (TPSA) is 6.48 Å². The first-order valence-electron chi connectivity index (χ1n) is 6.56. The summed E-state index contributed by atoms with van der Waals surface area (Å²) in [5, 5.41) is 1.06. The first-order valence-corrected chi connectivity index (χ1v) is 6.97. The lowest BCUT2D eigenvalue weighted by atomic mass is 10.0. The van der Waals surface area contributed by atoms with Crippen molar-refractivity contribution in [2.45, 2.75) is 78.6 Å². The van der Waals surface area contributed by atoms with E-state index in [1.807, 2.05) is 0 Å². The number of rotatable bonds is 4. The van der Waals surface area contributed by atoms with Crippen molar-refractivity contribution < 1.29 is 0 Å². The molecule has 94 valence electrons. The van der Waals surface area contributed by atoms with Gasteiger partial charge in [0.2, 0.25) is 0 Å². The number of nitrogens with zero attached hydrogens (tertiary/aromatic N) is 2. The summed E-state index contributed by atoms with van der Waals surface area (Å²) in [6.07, 6.45) is 2.36. The Hall–Kier alpha value is -0.310. The Morgan fingerprint density at radius 1 is 0.938 bits per heavy atom. The Morgan fingerprint density at radius 3 is 1.44 bits per heavy atom. The van der Waals surface area contributed by atoms with E-state index in [4.69, 9.17) is 12.2 Å².